The molecule has 5 nitrogen and oxygen atoms in total. The van der Waals surface area contributed by atoms with E-state index in [0.717, 1.165) is 5.56 Å². The summed E-state index contributed by atoms with van der Waals surface area (Å²) in [7, 11) is -3.58. The molecular weight excluding hydrogens is 226 g/mol. The van der Waals surface area contributed by atoms with Crippen LogP contribution in [0.5, 0.6) is 0 Å². The number of hydrazine groups is 1. The third-order valence-corrected chi connectivity index (χ3v) is 3.60. The summed E-state index contributed by atoms with van der Waals surface area (Å²) in [4.78, 5) is 0.222. The standard InChI is InChI=1S/C10H13N3O2S/c1-8-2-4-9(5-3-8)16(14,15)13-10-6-7-11-12-10/h2-5,11H,6-7H2,1H3,(H,12,13). The van der Waals surface area contributed by atoms with Crippen LogP contribution < -0.4 is 10.9 Å². The van der Waals surface area contributed by atoms with Gasteiger partial charge in [-0.3, -0.25) is 0 Å². The quantitative estimate of drug-likeness (QED) is 0.792. The number of sulfonamides is 1. The number of benzene rings is 1. The summed E-state index contributed by atoms with van der Waals surface area (Å²) >= 11 is 0. The highest BCUT2D eigenvalue weighted by Gasteiger charge is 2.15. The lowest BCUT2D eigenvalue weighted by Gasteiger charge is -2.01. The average molecular weight is 239 g/mol. The van der Waals surface area contributed by atoms with Gasteiger partial charge in [0.15, 0.2) is 0 Å². The van der Waals surface area contributed by atoms with E-state index in [0.29, 0.717) is 18.8 Å². The molecule has 2 rings (SSSR count). The molecule has 0 amide bonds. The summed E-state index contributed by atoms with van der Waals surface area (Å²) in [5, 5.41) is 0. The molecule has 0 atom stereocenters. The normalized spacial score (nSPS) is 18.7. The topological polar surface area (TPSA) is 70.6 Å². The summed E-state index contributed by atoms with van der Waals surface area (Å²) in [6.07, 6.45) is 0.602. The van der Waals surface area contributed by atoms with E-state index in [1.807, 2.05) is 6.92 Å². The second kappa shape index (κ2) is 4.23. The summed E-state index contributed by atoms with van der Waals surface area (Å²) in [6.45, 7) is 2.60. The van der Waals surface area contributed by atoms with Gasteiger partial charge in [-0.25, -0.2) is 5.43 Å². The molecule has 0 spiro atoms. The smallest absolute Gasteiger partial charge is 0.283 e. The highest BCUT2D eigenvalue weighted by molar-refractivity contribution is 7.90. The fraction of sp³-hybridized carbons (Fsp3) is 0.300. The van der Waals surface area contributed by atoms with E-state index in [1.165, 1.54) is 0 Å². The van der Waals surface area contributed by atoms with Crippen LogP contribution in [0.1, 0.15) is 12.0 Å². The lowest BCUT2D eigenvalue weighted by atomic mass is 10.2. The molecule has 16 heavy (non-hydrogen) atoms. The summed E-state index contributed by atoms with van der Waals surface area (Å²) in [5.74, 6) is 0.459. The lowest BCUT2D eigenvalue weighted by molar-refractivity contribution is 0.597. The molecule has 0 aliphatic carbocycles. The van der Waals surface area contributed by atoms with Crippen molar-refractivity contribution in [2.24, 2.45) is 4.40 Å². The van der Waals surface area contributed by atoms with Crippen LogP contribution in [0, 0.1) is 6.92 Å². The summed E-state index contributed by atoms with van der Waals surface area (Å²) in [5.41, 5.74) is 6.55. The third-order valence-electron chi connectivity index (χ3n) is 2.27. The van der Waals surface area contributed by atoms with Crippen LogP contribution in [0.4, 0.5) is 0 Å². The van der Waals surface area contributed by atoms with Crippen molar-refractivity contribution in [3.63, 3.8) is 0 Å². The average Bonchev–Trinajstić information content (AvgIpc) is 2.70. The van der Waals surface area contributed by atoms with Crippen LogP contribution in [0.2, 0.25) is 0 Å². The van der Waals surface area contributed by atoms with Crippen LogP contribution in [0.15, 0.2) is 33.6 Å². The molecule has 1 aliphatic rings. The first-order chi connectivity index (χ1) is 7.58. The zero-order valence-corrected chi connectivity index (χ0v) is 9.71. The monoisotopic (exact) mass is 239 g/mol. The number of hydrogen-bond donors (Lipinski definition) is 2. The van der Waals surface area contributed by atoms with E-state index in [9.17, 15) is 8.42 Å². The van der Waals surface area contributed by atoms with Gasteiger partial charge in [0.1, 0.15) is 5.84 Å². The van der Waals surface area contributed by atoms with Crippen LogP contribution in [0.3, 0.4) is 0 Å². The van der Waals surface area contributed by atoms with Crippen LogP contribution in [-0.2, 0) is 10.0 Å². The van der Waals surface area contributed by atoms with Gasteiger partial charge in [0.2, 0.25) is 0 Å². The van der Waals surface area contributed by atoms with Crippen molar-refractivity contribution >= 4 is 15.9 Å². The third kappa shape index (κ3) is 2.40. The maximum absolute atomic E-state index is 11.8. The van der Waals surface area contributed by atoms with E-state index in [4.69, 9.17) is 0 Å². The van der Waals surface area contributed by atoms with Crippen molar-refractivity contribution in [1.82, 2.24) is 10.9 Å². The van der Waals surface area contributed by atoms with Crippen LogP contribution in [-0.4, -0.2) is 20.8 Å². The molecule has 0 saturated carbocycles. The van der Waals surface area contributed by atoms with Gasteiger partial charge in [-0.1, -0.05) is 17.7 Å². The Morgan fingerprint density at radius 2 is 1.94 bits per heavy atom. The van der Waals surface area contributed by atoms with Crippen molar-refractivity contribution in [2.75, 3.05) is 6.54 Å². The molecule has 1 fully saturated rings. The predicted octanol–water partition coefficient (Wildman–Crippen LogP) is 0.580. The Morgan fingerprint density at radius 1 is 1.25 bits per heavy atom. The first-order valence-electron chi connectivity index (χ1n) is 4.97. The Kier molecular flexibility index (Phi) is 2.93. The number of aryl methyl sites for hydroxylation is 1. The molecule has 86 valence electrons. The Labute approximate surface area is 94.6 Å². The van der Waals surface area contributed by atoms with Crippen molar-refractivity contribution in [2.45, 2.75) is 18.2 Å². The number of rotatable bonds is 2. The second-order valence-corrected chi connectivity index (χ2v) is 5.23. The molecular formula is C10H13N3O2S. The number of hydrogen-bond acceptors (Lipinski definition) is 3. The lowest BCUT2D eigenvalue weighted by Crippen LogP contribution is -2.26. The molecule has 1 aromatic carbocycles. The van der Waals surface area contributed by atoms with E-state index in [1.54, 1.807) is 24.3 Å². The Hall–Kier alpha value is -1.40. The van der Waals surface area contributed by atoms with Crippen molar-refractivity contribution in [1.29, 1.82) is 0 Å². The SMILES string of the molecule is Cc1ccc(S(=O)(=O)N=C2CCNN2)cc1. The Balaban J connectivity index is 2.31. The molecule has 1 heterocycles. The van der Waals surface area contributed by atoms with Gasteiger partial charge in [0, 0.05) is 13.0 Å². The van der Waals surface area contributed by atoms with E-state index >= 15 is 0 Å². The Bertz CT molecular complexity index is 497. The minimum Gasteiger partial charge on any atom is -0.309 e. The minimum atomic E-state index is -3.58. The minimum absolute atomic E-state index is 0.222. The summed E-state index contributed by atoms with van der Waals surface area (Å²) < 4.78 is 27.4. The molecule has 1 saturated heterocycles. The van der Waals surface area contributed by atoms with Gasteiger partial charge in [-0.2, -0.15) is 8.42 Å². The molecule has 1 aromatic rings. The van der Waals surface area contributed by atoms with Gasteiger partial charge < -0.3 is 5.43 Å². The molecule has 0 aromatic heterocycles. The maximum atomic E-state index is 11.8. The van der Waals surface area contributed by atoms with E-state index in [2.05, 4.69) is 15.2 Å². The molecule has 2 N–H and O–H groups in total. The van der Waals surface area contributed by atoms with E-state index < -0.39 is 10.0 Å². The number of nitrogens with zero attached hydrogens (tertiary/aromatic N) is 1. The van der Waals surface area contributed by atoms with Crippen molar-refractivity contribution in [3.05, 3.63) is 29.8 Å². The van der Waals surface area contributed by atoms with Crippen molar-refractivity contribution < 1.29 is 8.42 Å². The van der Waals surface area contributed by atoms with Gasteiger partial charge in [0.05, 0.1) is 4.90 Å². The largest absolute Gasteiger partial charge is 0.309 e. The van der Waals surface area contributed by atoms with Crippen molar-refractivity contribution in [3.8, 4) is 0 Å². The number of nitrogens with one attached hydrogen (secondary N) is 2. The van der Waals surface area contributed by atoms with Gasteiger partial charge in [0.25, 0.3) is 10.0 Å². The molecule has 0 unspecified atom stereocenters. The summed E-state index contributed by atoms with van der Waals surface area (Å²) in [6, 6.07) is 6.65. The zero-order chi connectivity index (χ0) is 11.6. The second-order valence-electron chi connectivity index (χ2n) is 3.63. The molecule has 1 aliphatic heterocycles. The highest BCUT2D eigenvalue weighted by atomic mass is 32.2. The first kappa shape index (κ1) is 11.1. The molecule has 0 radical (unpaired) electrons. The zero-order valence-electron chi connectivity index (χ0n) is 8.90. The predicted molar refractivity (Wildman–Crippen MR) is 61.6 cm³/mol. The molecule has 0 bridgehead atoms. The first-order valence-corrected chi connectivity index (χ1v) is 6.41. The maximum Gasteiger partial charge on any atom is 0.283 e. The van der Waals surface area contributed by atoms with Crippen LogP contribution >= 0.6 is 0 Å². The highest BCUT2D eigenvalue weighted by Crippen LogP contribution is 2.13. The fourth-order valence-corrected chi connectivity index (χ4v) is 2.40. The van der Waals surface area contributed by atoms with Gasteiger partial charge in [-0.15, -0.1) is 4.40 Å². The van der Waals surface area contributed by atoms with Gasteiger partial charge in [-0.05, 0) is 19.1 Å². The fourth-order valence-electron chi connectivity index (χ4n) is 1.38. The number of amidine groups is 1. The van der Waals surface area contributed by atoms with Gasteiger partial charge >= 0.3 is 0 Å². The molecule has 6 heteroatoms. The van der Waals surface area contributed by atoms with Crippen LogP contribution in [0.25, 0.3) is 0 Å². The Morgan fingerprint density at radius 3 is 2.50 bits per heavy atom. The van der Waals surface area contributed by atoms with E-state index in [-0.39, 0.29) is 4.90 Å².